The Morgan fingerprint density at radius 3 is 2.83 bits per heavy atom. The molecular formula is C18H32N4OS. The molecule has 1 atom stereocenters. The minimum atomic E-state index is 0.499. The van der Waals surface area contributed by atoms with E-state index in [0.29, 0.717) is 5.92 Å². The summed E-state index contributed by atoms with van der Waals surface area (Å²) in [6, 6.07) is 2.20. The highest BCUT2D eigenvalue weighted by molar-refractivity contribution is 7.07. The van der Waals surface area contributed by atoms with Gasteiger partial charge < -0.3 is 20.3 Å². The van der Waals surface area contributed by atoms with Gasteiger partial charge >= 0.3 is 0 Å². The lowest BCUT2D eigenvalue weighted by Crippen LogP contribution is -2.44. The lowest BCUT2D eigenvalue weighted by molar-refractivity contribution is 0.121. The lowest BCUT2D eigenvalue weighted by Gasteiger charge is -2.32. The van der Waals surface area contributed by atoms with Crippen molar-refractivity contribution in [2.45, 2.75) is 25.7 Å². The number of thiophene rings is 1. The zero-order chi connectivity index (χ0) is 17.2. The van der Waals surface area contributed by atoms with E-state index in [2.05, 4.69) is 44.3 Å². The van der Waals surface area contributed by atoms with Crippen molar-refractivity contribution >= 4 is 17.3 Å². The summed E-state index contributed by atoms with van der Waals surface area (Å²) < 4.78 is 5.16. The maximum Gasteiger partial charge on any atom is 0.191 e. The molecule has 2 rings (SSSR count). The van der Waals surface area contributed by atoms with Crippen molar-refractivity contribution in [1.29, 1.82) is 0 Å². The summed E-state index contributed by atoms with van der Waals surface area (Å²) in [6.45, 7) is 8.41. The maximum absolute atomic E-state index is 5.16. The zero-order valence-electron chi connectivity index (χ0n) is 15.3. The molecule has 1 fully saturated rings. The van der Waals surface area contributed by atoms with Gasteiger partial charge in [0.05, 0.1) is 6.61 Å². The van der Waals surface area contributed by atoms with E-state index in [1.807, 2.05) is 7.05 Å². The first-order valence-corrected chi connectivity index (χ1v) is 9.85. The van der Waals surface area contributed by atoms with Gasteiger partial charge in [-0.2, -0.15) is 11.3 Å². The van der Waals surface area contributed by atoms with Crippen LogP contribution in [-0.4, -0.2) is 64.3 Å². The van der Waals surface area contributed by atoms with Gasteiger partial charge in [0.1, 0.15) is 0 Å². The number of likely N-dealkylation sites (tertiary alicyclic amines) is 1. The average Bonchev–Trinajstić information content (AvgIpc) is 3.15. The SMILES string of the molecule is CN=C(NCC1CCN(CCOC)CC1)NCC(C)c1ccsc1. The second kappa shape index (κ2) is 10.7. The van der Waals surface area contributed by atoms with Crippen LogP contribution in [0.25, 0.3) is 0 Å². The molecule has 6 heteroatoms. The average molecular weight is 353 g/mol. The van der Waals surface area contributed by atoms with Crippen LogP contribution in [0.1, 0.15) is 31.2 Å². The van der Waals surface area contributed by atoms with Crippen molar-refractivity contribution in [3.05, 3.63) is 22.4 Å². The van der Waals surface area contributed by atoms with Gasteiger partial charge in [-0.15, -0.1) is 0 Å². The molecule has 0 spiro atoms. The van der Waals surface area contributed by atoms with E-state index in [4.69, 9.17) is 4.74 Å². The van der Waals surface area contributed by atoms with Gasteiger partial charge in [0.2, 0.25) is 0 Å². The van der Waals surface area contributed by atoms with Gasteiger partial charge in [0.25, 0.3) is 0 Å². The Kier molecular flexibility index (Phi) is 8.56. The number of ether oxygens (including phenoxy) is 1. The van der Waals surface area contributed by atoms with Crippen LogP contribution >= 0.6 is 11.3 Å². The van der Waals surface area contributed by atoms with Gasteiger partial charge in [-0.25, -0.2) is 0 Å². The Labute approximate surface area is 150 Å². The first-order chi connectivity index (χ1) is 11.7. The van der Waals surface area contributed by atoms with Crippen LogP contribution < -0.4 is 10.6 Å². The van der Waals surface area contributed by atoms with Crippen LogP contribution in [0.2, 0.25) is 0 Å². The van der Waals surface area contributed by atoms with E-state index in [1.54, 1.807) is 18.4 Å². The van der Waals surface area contributed by atoms with Crippen LogP contribution in [0.5, 0.6) is 0 Å². The molecule has 0 aliphatic carbocycles. The third-order valence-electron chi connectivity index (χ3n) is 4.79. The monoisotopic (exact) mass is 352 g/mol. The van der Waals surface area contributed by atoms with Crippen LogP contribution in [0, 0.1) is 5.92 Å². The minimum absolute atomic E-state index is 0.499. The van der Waals surface area contributed by atoms with Crippen molar-refractivity contribution in [1.82, 2.24) is 15.5 Å². The van der Waals surface area contributed by atoms with Crippen molar-refractivity contribution in [2.75, 3.05) is 53.5 Å². The molecular weight excluding hydrogens is 320 g/mol. The number of rotatable bonds is 8. The molecule has 0 aromatic carbocycles. The fraction of sp³-hybridized carbons (Fsp3) is 0.722. The molecule has 0 saturated carbocycles. The Morgan fingerprint density at radius 1 is 1.42 bits per heavy atom. The smallest absolute Gasteiger partial charge is 0.191 e. The standard InChI is InChI=1S/C18H32N4OS/c1-15(17-6-11-24-14-17)12-20-18(19-2)21-13-16-4-7-22(8-5-16)9-10-23-3/h6,11,14-16H,4-5,7-10,12-13H2,1-3H3,(H2,19,20,21). The Balaban J connectivity index is 1.63. The topological polar surface area (TPSA) is 48.9 Å². The molecule has 136 valence electrons. The first kappa shape index (κ1) is 19.2. The molecule has 1 aromatic rings. The predicted molar refractivity (Wildman–Crippen MR) is 103 cm³/mol. The number of nitrogens with zero attached hydrogens (tertiary/aromatic N) is 2. The summed E-state index contributed by atoms with van der Waals surface area (Å²) in [5.41, 5.74) is 1.39. The Hall–Kier alpha value is -1.11. The third-order valence-corrected chi connectivity index (χ3v) is 5.49. The normalized spacial score (nSPS) is 18.5. The number of hydrogen-bond acceptors (Lipinski definition) is 4. The molecule has 24 heavy (non-hydrogen) atoms. The zero-order valence-corrected chi connectivity index (χ0v) is 16.1. The van der Waals surface area contributed by atoms with E-state index in [1.165, 1.54) is 31.5 Å². The summed E-state index contributed by atoms with van der Waals surface area (Å²) in [6.07, 6.45) is 2.50. The van der Waals surface area contributed by atoms with Gasteiger partial charge in [0.15, 0.2) is 5.96 Å². The van der Waals surface area contributed by atoms with E-state index < -0.39 is 0 Å². The van der Waals surface area contributed by atoms with Gasteiger partial charge in [-0.3, -0.25) is 4.99 Å². The van der Waals surface area contributed by atoms with Crippen LogP contribution in [-0.2, 0) is 4.74 Å². The van der Waals surface area contributed by atoms with Crippen LogP contribution in [0.4, 0.5) is 0 Å². The number of methoxy groups -OCH3 is 1. The maximum atomic E-state index is 5.16. The third kappa shape index (κ3) is 6.42. The number of piperidine rings is 1. The Bertz CT molecular complexity index is 469. The second-order valence-electron chi connectivity index (χ2n) is 6.57. The fourth-order valence-corrected chi connectivity index (χ4v) is 3.80. The summed E-state index contributed by atoms with van der Waals surface area (Å²) >= 11 is 1.76. The molecule has 2 N–H and O–H groups in total. The molecule has 1 aromatic heterocycles. The van der Waals surface area contributed by atoms with Crippen LogP contribution in [0.15, 0.2) is 21.8 Å². The summed E-state index contributed by atoms with van der Waals surface area (Å²) in [4.78, 5) is 6.85. The molecule has 1 unspecified atom stereocenters. The second-order valence-corrected chi connectivity index (χ2v) is 7.35. The van der Waals surface area contributed by atoms with Crippen molar-refractivity contribution < 1.29 is 4.74 Å². The highest BCUT2D eigenvalue weighted by Gasteiger charge is 2.19. The van der Waals surface area contributed by atoms with Crippen molar-refractivity contribution in [2.24, 2.45) is 10.9 Å². The van der Waals surface area contributed by atoms with Gasteiger partial charge in [-0.1, -0.05) is 6.92 Å². The first-order valence-electron chi connectivity index (χ1n) is 8.90. The van der Waals surface area contributed by atoms with E-state index >= 15 is 0 Å². The number of hydrogen-bond donors (Lipinski definition) is 2. The van der Waals surface area contributed by atoms with E-state index in [9.17, 15) is 0 Å². The highest BCUT2D eigenvalue weighted by Crippen LogP contribution is 2.17. The highest BCUT2D eigenvalue weighted by atomic mass is 32.1. The summed E-state index contributed by atoms with van der Waals surface area (Å²) in [5, 5.41) is 11.3. The van der Waals surface area contributed by atoms with Gasteiger partial charge in [-0.05, 0) is 60.2 Å². The Morgan fingerprint density at radius 2 is 2.21 bits per heavy atom. The minimum Gasteiger partial charge on any atom is -0.383 e. The van der Waals surface area contributed by atoms with E-state index in [0.717, 1.165) is 38.1 Å². The molecule has 1 aliphatic rings. The molecule has 0 radical (unpaired) electrons. The quantitative estimate of drug-likeness (QED) is 0.557. The fourth-order valence-electron chi connectivity index (χ4n) is 3.02. The van der Waals surface area contributed by atoms with Crippen LogP contribution in [0.3, 0.4) is 0 Å². The number of aliphatic imine (C=N–C) groups is 1. The molecule has 0 bridgehead atoms. The van der Waals surface area contributed by atoms with E-state index in [-0.39, 0.29) is 0 Å². The van der Waals surface area contributed by atoms with Crippen molar-refractivity contribution in [3.8, 4) is 0 Å². The van der Waals surface area contributed by atoms with Gasteiger partial charge in [0, 0.05) is 33.8 Å². The lowest BCUT2D eigenvalue weighted by atomic mass is 9.97. The molecule has 5 nitrogen and oxygen atoms in total. The summed E-state index contributed by atoms with van der Waals surface area (Å²) in [5.74, 6) is 2.15. The molecule has 1 aliphatic heterocycles. The number of nitrogens with one attached hydrogen (secondary N) is 2. The number of guanidine groups is 1. The molecule has 1 saturated heterocycles. The predicted octanol–water partition coefficient (Wildman–Crippen LogP) is 2.38. The van der Waals surface area contributed by atoms with Crippen molar-refractivity contribution in [3.63, 3.8) is 0 Å². The largest absolute Gasteiger partial charge is 0.383 e. The molecule has 2 heterocycles. The summed E-state index contributed by atoms with van der Waals surface area (Å²) in [7, 11) is 3.62. The molecule has 0 amide bonds.